The van der Waals surface area contributed by atoms with Crippen molar-refractivity contribution in [2.75, 3.05) is 10.8 Å². The van der Waals surface area contributed by atoms with Crippen LogP contribution < -0.4 is 4.31 Å². The summed E-state index contributed by atoms with van der Waals surface area (Å²) in [7, 11) is -3.66. The molecule has 0 amide bonds. The van der Waals surface area contributed by atoms with Crippen molar-refractivity contribution in [2.45, 2.75) is 30.8 Å². The Morgan fingerprint density at radius 2 is 1.91 bits per heavy atom. The fourth-order valence-corrected chi connectivity index (χ4v) is 4.49. The van der Waals surface area contributed by atoms with Gasteiger partial charge in [0.05, 0.1) is 16.7 Å². The first-order valence-corrected chi connectivity index (χ1v) is 9.34. The van der Waals surface area contributed by atoms with Crippen LogP contribution in [0.15, 0.2) is 47.4 Å². The summed E-state index contributed by atoms with van der Waals surface area (Å²) < 4.78 is 27.3. The van der Waals surface area contributed by atoms with E-state index in [4.69, 9.17) is 11.6 Å². The van der Waals surface area contributed by atoms with E-state index in [-0.39, 0.29) is 11.4 Å². The van der Waals surface area contributed by atoms with Crippen molar-refractivity contribution < 1.29 is 13.5 Å². The third-order valence-electron chi connectivity index (χ3n) is 4.14. The van der Waals surface area contributed by atoms with E-state index in [1.54, 1.807) is 30.3 Å². The molecular formula is C17H18ClNO3S. The third-order valence-corrected chi connectivity index (χ3v) is 6.21. The lowest BCUT2D eigenvalue weighted by Gasteiger charge is -2.33. The number of aliphatic hydroxyl groups is 1. The van der Waals surface area contributed by atoms with Crippen LogP contribution in [0.4, 0.5) is 5.69 Å². The van der Waals surface area contributed by atoms with E-state index in [1.807, 2.05) is 19.1 Å². The number of benzene rings is 2. The normalized spacial score (nSPS) is 17.9. The van der Waals surface area contributed by atoms with Crippen LogP contribution in [0.2, 0.25) is 5.02 Å². The number of rotatable bonds is 3. The highest BCUT2D eigenvalue weighted by Crippen LogP contribution is 2.38. The molecule has 122 valence electrons. The first-order valence-electron chi connectivity index (χ1n) is 7.52. The molecule has 0 spiro atoms. The second-order valence-electron chi connectivity index (χ2n) is 5.58. The Hall–Kier alpha value is -1.56. The average molecular weight is 352 g/mol. The minimum atomic E-state index is -3.66. The highest BCUT2D eigenvalue weighted by atomic mass is 35.5. The van der Waals surface area contributed by atoms with E-state index in [1.165, 1.54) is 4.31 Å². The molecule has 6 heteroatoms. The molecule has 1 atom stereocenters. The number of fused-ring (bicyclic) bond motifs is 1. The summed E-state index contributed by atoms with van der Waals surface area (Å²) in [6.07, 6.45) is 0.509. The second-order valence-corrected chi connectivity index (χ2v) is 7.88. The van der Waals surface area contributed by atoms with E-state index in [0.29, 0.717) is 22.7 Å². The fourth-order valence-electron chi connectivity index (χ4n) is 2.81. The zero-order valence-electron chi connectivity index (χ0n) is 12.7. The Bertz CT molecular complexity index is 818. The first kappa shape index (κ1) is 16.3. The molecule has 0 saturated carbocycles. The van der Waals surface area contributed by atoms with Gasteiger partial charge >= 0.3 is 0 Å². The van der Waals surface area contributed by atoms with Crippen LogP contribution in [0, 0.1) is 0 Å². The zero-order valence-corrected chi connectivity index (χ0v) is 14.3. The largest absolute Gasteiger partial charge is 0.388 e. The van der Waals surface area contributed by atoms with Gasteiger partial charge in [-0.05, 0) is 48.7 Å². The van der Waals surface area contributed by atoms with Crippen molar-refractivity contribution in [3.8, 4) is 0 Å². The molecule has 3 rings (SSSR count). The maximum absolute atomic E-state index is 13.0. The zero-order chi connectivity index (χ0) is 16.6. The van der Waals surface area contributed by atoms with Crippen LogP contribution in [0.5, 0.6) is 0 Å². The summed E-state index contributed by atoms with van der Waals surface area (Å²) in [6.45, 7) is 2.27. The molecule has 0 saturated heterocycles. The standard InChI is InChI=1S/C17H18ClNO3S/c1-2-12-3-6-14(7-4-12)23(21,22)19-10-9-17(20)15-11-13(18)5-8-16(15)19/h3-8,11,17,20H,2,9-10H2,1H3. The molecule has 1 aliphatic heterocycles. The minimum Gasteiger partial charge on any atom is -0.388 e. The van der Waals surface area contributed by atoms with E-state index in [0.717, 1.165) is 12.0 Å². The smallest absolute Gasteiger partial charge is 0.264 e. The number of halogens is 1. The van der Waals surface area contributed by atoms with Gasteiger partial charge in [-0.2, -0.15) is 0 Å². The van der Waals surface area contributed by atoms with Crippen LogP contribution >= 0.6 is 11.6 Å². The number of hydrogen-bond acceptors (Lipinski definition) is 3. The predicted molar refractivity (Wildman–Crippen MR) is 91.4 cm³/mol. The summed E-state index contributed by atoms with van der Waals surface area (Å²) in [5, 5.41) is 10.6. The van der Waals surface area contributed by atoms with Crippen LogP contribution in [-0.2, 0) is 16.4 Å². The van der Waals surface area contributed by atoms with Gasteiger partial charge in [0, 0.05) is 17.1 Å². The Morgan fingerprint density at radius 3 is 2.57 bits per heavy atom. The molecule has 0 aliphatic carbocycles. The van der Waals surface area contributed by atoms with Gasteiger partial charge in [-0.15, -0.1) is 0 Å². The molecule has 0 aromatic heterocycles. The average Bonchev–Trinajstić information content (AvgIpc) is 2.55. The van der Waals surface area contributed by atoms with Gasteiger partial charge in [-0.25, -0.2) is 8.42 Å². The molecule has 0 radical (unpaired) electrons. The van der Waals surface area contributed by atoms with Crippen molar-refractivity contribution in [3.05, 3.63) is 58.6 Å². The number of sulfonamides is 1. The van der Waals surface area contributed by atoms with E-state index >= 15 is 0 Å². The molecule has 1 heterocycles. The fraction of sp³-hybridized carbons (Fsp3) is 0.294. The van der Waals surface area contributed by atoms with Gasteiger partial charge in [-0.1, -0.05) is 30.7 Å². The lowest BCUT2D eigenvalue weighted by molar-refractivity contribution is 0.166. The van der Waals surface area contributed by atoms with Crippen LogP contribution in [0.1, 0.15) is 30.6 Å². The highest BCUT2D eigenvalue weighted by Gasteiger charge is 2.32. The van der Waals surface area contributed by atoms with Gasteiger partial charge in [-0.3, -0.25) is 4.31 Å². The van der Waals surface area contributed by atoms with Crippen molar-refractivity contribution >= 4 is 27.3 Å². The van der Waals surface area contributed by atoms with Crippen LogP contribution in [0.3, 0.4) is 0 Å². The SMILES string of the molecule is CCc1ccc(S(=O)(=O)N2CCC(O)c3cc(Cl)ccc32)cc1. The maximum Gasteiger partial charge on any atom is 0.264 e. The molecule has 0 fully saturated rings. The molecule has 23 heavy (non-hydrogen) atoms. The quantitative estimate of drug-likeness (QED) is 0.920. The molecular weight excluding hydrogens is 334 g/mol. The Balaban J connectivity index is 2.05. The summed E-state index contributed by atoms with van der Waals surface area (Å²) >= 11 is 5.98. The van der Waals surface area contributed by atoms with Crippen molar-refractivity contribution in [3.63, 3.8) is 0 Å². The van der Waals surface area contributed by atoms with Gasteiger partial charge in [0.25, 0.3) is 10.0 Å². The van der Waals surface area contributed by atoms with Gasteiger partial charge in [0.2, 0.25) is 0 Å². The number of anilines is 1. The van der Waals surface area contributed by atoms with Gasteiger partial charge < -0.3 is 5.11 Å². The number of nitrogens with zero attached hydrogens (tertiary/aromatic N) is 1. The number of hydrogen-bond donors (Lipinski definition) is 1. The van der Waals surface area contributed by atoms with Gasteiger partial charge in [0.1, 0.15) is 0 Å². The highest BCUT2D eigenvalue weighted by molar-refractivity contribution is 7.92. The van der Waals surface area contributed by atoms with E-state index < -0.39 is 16.1 Å². The monoisotopic (exact) mass is 351 g/mol. The third kappa shape index (κ3) is 2.96. The summed E-state index contributed by atoms with van der Waals surface area (Å²) in [5.74, 6) is 0. The molecule has 1 unspecified atom stereocenters. The topological polar surface area (TPSA) is 57.6 Å². The maximum atomic E-state index is 13.0. The second kappa shape index (κ2) is 6.15. The molecule has 2 aromatic carbocycles. The molecule has 0 bridgehead atoms. The Kier molecular flexibility index (Phi) is 4.36. The van der Waals surface area contributed by atoms with E-state index in [2.05, 4.69) is 0 Å². The molecule has 1 aliphatic rings. The summed E-state index contributed by atoms with van der Waals surface area (Å²) in [6, 6.07) is 11.8. The lowest BCUT2D eigenvalue weighted by Crippen LogP contribution is -2.36. The number of aliphatic hydroxyl groups excluding tert-OH is 1. The number of aryl methyl sites for hydroxylation is 1. The van der Waals surface area contributed by atoms with Crippen LogP contribution in [-0.4, -0.2) is 20.1 Å². The summed E-state index contributed by atoms with van der Waals surface area (Å²) in [5.41, 5.74) is 2.13. The lowest BCUT2D eigenvalue weighted by atomic mass is 10.0. The van der Waals surface area contributed by atoms with E-state index in [9.17, 15) is 13.5 Å². The molecule has 4 nitrogen and oxygen atoms in total. The molecule has 2 aromatic rings. The minimum absolute atomic E-state index is 0.244. The van der Waals surface area contributed by atoms with Crippen LogP contribution in [0.25, 0.3) is 0 Å². The van der Waals surface area contributed by atoms with Gasteiger partial charge in [0.15, 0.2) is 0 Å². The summed E-state index contributed by atoms with van der Waals surface area (Å²) in [4.78, 5) is 0.256. The van der Waals surface area contributed by atoms with Crippen molar-refractivity contribution in [1.82, 2.24) is 0 Å². The Labute approximate surface area is 141 Å². The first-order chi connectivity index (χ1) is 10.9. The Morgan fingerprint density at radius 1 is 1.22 bits per heavy atom. The van der Waals surface area contributed by atoms with Crippen molar-refractivity contribution in [2.24, 2.45) is 0 Å². The predicted octanol–water partition coefficient (Wildman–Crippen LogP) is 3.53. The van der Waals surface area contributed by atoms with Crippen molar-refractivity contribution in [1.29, 1.82) is 0 Å². The molecule has 1 N–H and O–H groups in total.